The maximum absolute atomic E-state index is 2.43. The quantitative estimate of drug-likeness (QED) is 0.698. The van der Waals surface area contributed by atoms with Gasteiger partial charge in [0.2, 0.25) is 0 Å². The lowest BCUT2D eigenvalue weighted by atomic mass is 10.1. The Bertz CT molecular complexity index is 409. The van der Waals surface area contributed by atoms with Crippen molar-refractivity contribution in [1.29, 1.82) is 0 Å². The van der Waals surface area contributed by atoms with E-state index < -0.39 is 0 Å². The average molecular weight is 219 g/mol. The number of thioether (sulfide) groups is 1. The largest absolute Gasteiger partial charge is 0.332 e. The molecule has 0 fully saturated rings. The molecule has 0 amide bonds. The molecule has 1 unspecified atom stereocenters. The van der Waals surface area contributed by atoms with Crippen molar-refractivity contribution in [3.8, 4) is 0 Å². The molecule has 0 saturated carbocycles. The van der Waals surface area contributed by atoms with E-state index in [4.69, 9.17) is 0 Å². The highest BCUT2D eigenvalue weighted by Gasteiger charge is 2.26. The minimum atomic E-state index is 0.520. The van der Waals surface area contributed by atoms with Crippen molar-refractivity contribution < 1.29 is 0 Å². The van der Waals surface area contributed by atoms with Crippen LogP contribution in [0.4, 0.5) is 5.69 Å². The highest BCUT2D eigenvalue weighted by atomic mass is 32.2. The van der Waals surface area contributed by atoms with Gasteiger partial charge < -0.3 is 4.90 Å². The molecule has 0 aromatic heterocycles. The second kappa shape index (κ2) is 3.93. The summed E-state index contributed by atoms with van der Waals surface area (Å²) in [6, 6.07) is 8.58. The van der Waals surface area contributed by atoms with Crippen molar-refractivity contribution in [2.24, 2.45) is 0 Å². The number of aryl methyl sites for hydroxylation is 1. The van der Waals surface area contributed by atoms with Crippen molar-refractivity contribution in [2.45, 2.75) is 33.1 Å². The number of hydrogen-bond acceptors (Lipinski definition) is 2. The van der Waals surface area contributed by atoms with Gasteiger partial charge in [-0.2, -0.15) is 0 Å². The smallest absolute Gasteiger partial charge is 0.0812 e. The summed E-state index contributed by atoms with van der Waals surface area (Å²) in [7, 11) is 0. The van der Waals surface area contributed by atoms with Gasteiger partial charge in [-0.1, -0.05) is 18.2 Å². The van der Waals surface area contributed by atoms with Crippen LogP contribution < -0.4 is 4.90 Å². The fraction of sp³-hybridized carbons (Fsp3) is 0.385. The SMILES string of the molecule is CC1=C(C)N(c2ccccc2C)C(C)S1. The van der Waals surface area contributed by atoms with E-state index in [0.717, 1.165) is 0 Å². The predicted molar refractivity (Wildman–Crippen MR) is 69.1 cm³/mol. The molecule has 1 aliphatic heterocycles. The van der Waals surface area contributed by atoms with Crippen LogP contribution in [0, 0.1) is 6.92 Å². The molecule has 1 aromatic carbocycles. The highest BCUT2D eigenvalue weighted by Crippen LogP contribution is 2.41. The lowest BCUT2D eigenvalue weighted by Gasteiger charge is -2.26. The Balaban J connectivity index is 2.44. The topological polar surface area (TPSA) is 3.24 Å². The van der Waals surface area contributed by atoms with Crippen LogP contribution in [-0.4, -0.2) is 5.37 Å². The van der Waals surface area contributed by atoms with Crippen molar-refractivity contribution in [2.75, 3.05) is 4.90 Å². The van der Waals surface area contributed by atoms with Crippen molar-refractivity contribution in [1.82, 2.24) is 0 Å². The summed E-state index contributed by atoms with van der Waals surface area (Å²) >= 11 is 1.95. The zero-order chi connectivity index (χ0) is 11.0. The van der Waals surface area contributed by atoms with Crippen LogP contribution in [0.2, 0.25) is 0 Å². The van der Waals surface area contributed by atoms with Gasteiger partial charge in [0.1, 0.15) is 0 Å². The number of nitrogens with zero attached hydrogens (tertiary/aromatic N) is 1. The molecule has 0 radical (unpaired) electrons. The first-order chi connectivity index (χ1) is 7.11. The molecule has 0 bridgehead atoms. The van der Waals surface area contributed by atoms with E-state index in [1.807, 2.05) is 11.8 Å². The van der Waals surface area contributed by atoms with E-state index in [-0.39, 0.29) is 0 Å². The van der Waals surface area contributed by atoms with Gasteiger partial charge in [-0.25, -0.2) is 0 Å². The summed E-state index contributed by atoms with van der Waals surface area (Å²) in [5.41, 5.74) is 4.08. The van der Waals surface area contributed by atoms with E-state index in [0.29, 0.717) is 5.37 Å². The molecule has 1 atom stereocenters. The fourth-order valence-corrected chi connectivity index (χ4v) is 3.20. The molecule has 0 spiro atoms. The molecular formula is C13H17NS. The number of para-hydroxylation sites is 1. The van der Waals surface area contributed by atoms with E-state index in [2.05, 4.69) is 56.9 Å². The standard InChI is InChI=1S/C13H17NS/c1-9-7-5-6-8-13(9)14-10(2)11(3)15-12(14)4/h5-8,12H,1-4H3. The third kappa shape index (κ3) is 1.78. The highest BCUT2D eigenvalue weighted by molar-refractivity contribution is 8.04. The Labute approximate surface area is 96.2 Å². The molecule has 1 aromatic rings. The van der Waals surface area contributed by atoms with Gasteiger partial charge >= 0.3 is 0 Å². The zero-order valence-electron chi connectivity index (χ0n) is 9.74. The zero-order valence-corrected chi connectivity index (χ0v) is 10.6. The third-order valence-electron chi connectivity index (χ3n) is 2.96. The van der Waals surface area contributed by atoms with Crippen molar-refractivity contribution in [3.63, 3.8) is 0 Å². The summed E-state index contributed by atoms with van der Waals surface area (Å²) in [4.78, 5) is 3.86. The molecule has 0 aliphatic carbocycles. The first-order valence-electron chi connectivity index (χ1n) is 5.30. The predicted octanol–water partition coefficient (Wildman–Crippen LogP) is 4.15. The second-order valence-corrected chi connectivity index (χ2v) is 5.55. The molecule has 2 rings (SSSR count). The minimum Gasteiger partial charge on any atom is -0.332 e. The molecule has 80 valence electrons. The Morgan fingerprint density at radius 2 is 1.80 bits per heavy atom. The van der Waals surface area contributed by atoms with Gasteiger partial charge in [0, 0.05) is 16.3 Å². The van der Waals surface area contributed by atoms with Crippen LogP contribution in [0.1, 0.15) is 26.3 Å². The normalized spacial score (nSPS) is 21.3. The van der Waals surface area contributed by atoms with Gasteiger partial charge in [0.25, 0.3) is 0 Å². The van der Waals surface area contributed by atoms with Gasteiger partial charge in [-0.3, -0.25) is 0 Å². The van der Waals surface area contributed by atoms with Gasteiger partial charge in [0.15, 0.2) is 0 Å². The summed E-state index contributed by atoms with van der Waals surface area (Å²) in [5.74, 6) is 0. The second-order valence-electron chi connectivity index (χ2n) is 4.02. The first kappa shape index (κ1) is 10.6. The van der Waals surface area contributed by atoms with Crippen LogP contribution in [0.15, 0.2) is 34.9 Å². The van der Waals surface area contributed by atoms with Crippen molar-refractivity contribution in [3.05, 3.63) is 40.4 Å². The van der Waals surface area contributed by atoms with Crippen LogP contribution in [0.25, 0.3) is 0 Å². The Hall–Kier alpha value is -0.890. The summed E-state index contributed by atoms with van der Waals surface area (Å²) in [6.45, 7) is 8.85. The molecule has 1 nitrogen and oxygen atoms in total. The number of benzene rings is 1. The average Bonchev–Trinajstić information content (AvgIpc) is 2.43. The lowest BCUT2D eigenvalue weighted by molar-refractivity contribution is 0.912. The van der Waals surface area contributed by atoms with Crippen LogP contribution in [0.5, 0.6) is 0 Å². The molecule has 1 aliphatic rings. The summed E-state index contributed by atoms with van der Waals surface area (Å²) in [6.07, 6.45) is 0. The molecule has 2 heteroatoms. The monoisotopic (exact) mass is 219 g/mol. The molecule has 1 heterocycles. The molecule has 0 N–H and O–H groups in total. The third-order valence-corrected chi connectivity index (χ3v) is 4.16. The van der Waals surface area contributed by atoms with Crippen LogP contribution >= 0.6 is 11.8 Å². The Morgan fingerprint density at radius 3 is 2.33 bits per heavy atom. The first-order valence-corrected chi connectivity index (χ1v) is 6.18. The number of rotatable bonds is 1. The van der Waals surface area contributed by atoms with Gasteiger partial charge in [-0.05, 0) is 39.3 Å². The van der Waals surface area contributed by atoms with E-state index >= 15 is 0 Å². The van der Waals surface area contributed by atoms with Gasteiger partial charge in [0.05, 0.1) is 5.37 Å². The number of anilines is 1. The maximum atomic E-state index is 2.43. The maximum Gasteiger partial charge on any atom is 0.0812 e. The summed E-state index contributed by atoms with van der Waals surface area (Å²) in [5, 5.41) is 0.520. The molecule has 15 heavy (non-hydrogen) atoms. The number of allylic oxidation sites excluding steroid dienone is 2. The van der Waals surface area contributed by atoms with Crippen LogP contribution in [-0.2, 0) is 0 Å². The Morgan fingerprint density at radius 1 is 1.13 bits per heavy atom. The Kier molecular flexibility index (Phi) is 2.79. The van der Waals surface area contributed by atoms with Gasteiger partial charge in [-0.15, -0.1) is 11.8 Å². The minimum absolute atomic E-state index is 0.520. The number of hydrogen-bond donors (Lipinski definition) is 0. The molecule has 0 saturated heterocycles. The lowest BCUT2D eigenvalue weighted by Crippen LogP contribution is -2.25. The molecular weight excluding hydrogens is 202 g/mol. The summed E-state index contributed by atoms with van der Waals surface area (Å²) < 4.78 is 0. The fourth-order valence-electron chi connectivity index (χ4n) is 2.05. The van der Waals surface area contributed by atoms with Crippen molar-refractivity contribution >= 4 is 17.4 Å². The van der Waals surface area contributed by atoms with E-state index in [9.17, 15) is 0 Å². The van der Waals surface area contributed by atoms with Crippen LogP contribution in [0.3, 0.4) is 0 Å². The van der Waals surface area contributed by atoms with E-state index in [1.54, 1.807) is 0 Å². The van der Waals surface area contributed by atoms with E-state index in [1.165, 1.54) is 21.9 Å².